The molecule has 0 atom stereocenters. The number of aryl methyl sites for hydroxylation is 1. The van der Waals surface area contributed by atoms with Crippen LogP contribution < -0.4 is 5.43 Å². The molecule has 3 heteroatoms. The number of carbonyl (C=O) groups is 1. The molecule has 1 amide bonds. The highest BCUT2D eigenvalue weighted by atomic mass is 16.2. The van der Waals surface area contributed by atoms with Crippen LogP contribution in [0.1, 0.15) is 25.8 Å². The van der Waals surface area contributed by atoms with E-state index in [0.29, 0.717) is 12.3 Å². The molecule has 16 heavy (non-hydrogen) atoms. The molecule has 0 aliphatic carbocycles. The summed E-state index contributed by atoms with van der Waals surface area (Å²) in [5, 5.41) is 3.86. The summed E-state index contributed by atoms with van der Waals surface area (Å²) in [6.45, 7) is 4.03. The molecule has 86 valence electrons. The van der Waals surface area contributed by atoms with Crippen LogP contribution in [0.4, 0.5) is 0 Å². The van der Waals surface area contributed by atoms with Crippen LogP contribution in [0.15, 0.2) is 35.4 Å². The number of hydrogen-bond donors (Lipinski definition) is 1. The maximum absolute atomic E-state index is 11.4. The van der Waals surface area contributed by atoms with Gasteiger partial charge in [-0.05, 0) is 17.9 Å². The average Bonchev–Trinajstić information content (AvgIpc) is 2.27. The van der Waals surface area contributed by atoms with Gasteiger partial charge in [0.25, 0.3) is 0 Å². The second-order valence-electron chi connectivity index (χ2n) is 4.04. The van der Waals surface area contributed by atoms with E-state index in [1.165, 1.54) is 5.56 Å². The molecule has 1 aromatic rings. The van der Waals surface area contributed by atoms with E-state index in [4.69, 9.17) is 0 Å². The van der Waals surface area contributed by atoms with Crippen molar-refractivity contribution in [3.63, 3.8) is 0 Å². The fraction of sp³-hybridized carbons (Fsp3) is 0.385. The summed E-state index contributed by atoms with van der Waals surface area (Å²) in [5.41, 5.74) is 3.69. The Balaban J connectivity index is 2.26. The first-order chi connectivity index (χ1) is 7.68. The van der Waals surface area contributed by atoms with E-state index < -0.39 is 0 Å². The van der Waals surface area contributed by atoms with Gasteiger partial charge >= 0.3 is 0 Å². The number of amides is 1. The van der Waals surface area contributed by atoms with Gasteiger partial charge in [0, 0.05) is 12.6 Å². The Bertz CT molecular complexity index is 344. The maximum Gasteiger partial charge on any atom is 0.240 e. The minimum atomic E-state index is -0.0410. The van der Waals surface area contributed by atoms with Gasteiger partial charge in [-0.15, -0.1) is 0 Å². The van der Waals surface area contributed by atoms with E-state index in [9.17, 15) is 4.79 Å². The van der Waals surface area contributed by atoms with E-state index in [0.717, 1.165) is 6.42 Å². The van der Waals surface area contributed by atoms with Gasteiger partial charge in [0.2, 0.25) is 5.91 Å². The van der Waals surface area contributed by atoms with Gasteiger partial charge in [-0.25, -0.2) is 5.43 Å². The zero-order chi connectivity index (χ0) is 11.8. The number of nitrogens with zero attached hydrogens (tertiary/aromatic N) is 1. The minimum Gasteiger partial charge on any atom is -0.273 e. The third kappa shape index (κ3) is 5.29. The maximum atomic E-state index is 11.4. The predicted molar refractivity (Wildman–Crippen MR) is 66.2 cm³/mol. The van der Waals surface area contributed by atoms with E-state index in [1.807, 2.05) is 44.2 Å². The Kier molecular flexibility index (Phi) is 5.26. The molecule has 0 saturated heterocycles. The van der Waals surface area contributed by atoms with Crippen molar-refractivity contribution in [2.75, 3.05) is 0 Å². The van der Waals surface area contributed by atoms with Gasteiger partial charge in [0.1, 0.15) is 0 Å². The third-order valence-electron chi connectivity index (χ3n) is 2.05. The number of benzene rings is 1. The number of carbonyl (C=O) groups excluding carboxylic acids is 1. The standard InChI is InChI=1S/C13H18N2O/c1-11(2)10-14-15-13(16)9-8-12-6-4-3-5-7-12/h3-7,10-11H,8-9H2,1-2H3,(H,15,16). The predicted octanol–water partition coefficient (Wildman–Crippen LogP) is 2.38. The van der Waals surface area contributed by atoms with Crippen LogP contribution >= 0.6 is 0 Å². The molecule has 0 unspecified atom stereocenters. The lowest BCUT2D eigenvalue weighted by Crippen LogP contribution is -2.18. The highest BCUT2D eigenvalue weighted by molar-refractivity contribution is 5.77. The molecule has 0 spiro atoms. The zero-order valence-corrected chi connectivity index (χ0v) is 9.81. The van der Waals surface area contributed by atoms with Crippen molar-refractivity contribution in [2.45, 2.75) is 26.7 Å². The number of hydrazone groups is 1. The molecular formula is C13H18N2O. The zero-order valence-electron chi connectivity index (χ0n) is 9.81. The Labute approximate surface area is 96.6 Å². The molecule has 1 rings (SSSR count). The second-order valence-corrected chi connectivity index (χ2v) is 4.04. The van der Waals surface area contributed by atoms with E-state index >= 15 is 0 Å². The van der Waals surface area contributed by atoms with Gasteiger partial charge in [-0.2, -0.15) is 5.10 Å². The summed E-state index contributed by atoms with van der Waals surface area (Å²) in [4.78, 5) is 11.4. The van der Waals surface area contributed by atoms with Crippen molar-refractivity contribution in [2.24, 2.45) is 11.0 Å². The minimum absolute atomic E-state index is 0.0410. The summed E-state index contributed by atoms with van der Waals surface area (Å²) in [7, 11) is 0. The van der Waals surface area contributed by atoms with E-state index in [2.05, 4.69) is 10.5 Å². The van der Waals surface area contributed by atoms with Crippen LogP contribution in [0.3, 0.4) is 0 Å². The Morgan fingerprint density at radius 3 is 2.69 bits per heavy atom. The van der Waals surface area contributed by atoms with Crippen molar-refractivity contribution < 1.29 is 4.79 Å². The highest BCUT2D eigenvalue weighted by Crippen LogP contribution is 2.01. The quantitative estimate of drug-likeness (QED) is 0.598. The first-order valence-corrected chi connectivity index (χ1v) is 5.54. The lowest BCUT2D eigenvalue weighted by Gasteiger charge is -2.00. The van der Waals surface area contributed by atoms with Crippen LogP contribution in [0, 0.1) is 5.92 Å². The van der Waals surface area contributed by atoms with Crippen molar-refractivity contribution >= 4 is 12.1 Å². The Morgan fingerprint density at radius 1 is 1.38 bits per heavy atom. The molecule has 1 N–H and O–H groups in total. The van der Waals surface area contributed by atoms with Crippen molar-refractivity contribution in [1.82, 2.24) is 5.43 Å². The Morgan fingerprint density at radius 2 is 2.06 bits per heavy atom. The average molecular weight is 218 g/mol. The molecule has 1 aromatic carbocycles. The van der Waals surface area contributed by atoms with Crippen molar-refractivity contribution in [1.29, 1.82) is 0 Å². The number of nitrogens with one attached hydrogen (secondary N) is 1. The van der Waals surface area contributed by atoms with Crippen molar-refractivity contribution in [3.8, 4) is 0 Å². The van der Waals surface area contributed by atoms with Crippen LogP contribution in [-0.2, 0) is 11.2 Å². The molecular weight excluding hydrogens is 200 g/mol. The summed E-state index contributed by atoms with van der Waals surface area (Å²) in [6, 6.07) is 9.96. The molecule has 0 aromatic heterocycles. The molecule has 0 fully saturated rings. The lowest BCUT2D eigenvalue weighted by molar-refractivity contribution is -0.121. The lowest BCUT2D eigenvalue weighted by atomic mass is 10.1. The molecule has 0 saturated carbocycles. The summed E-state index contributed by atoms with van der Waals surface area (Å²) < 4.78 is 0. The molecule has 0 bridgehead atoms. The third-order valence-corrected chi connectivity index (χ3v) is 2.05. The summed E-state index contributed by atoms with van der Waals surface area (Å²) in [6.07, 6.45) is 2.95. The van der Waals surface area contributed by atoms with Crippen LogP contribution in [-0.4, -0.2) is 12.1 Å². The van der Waals surface area contributed by atoms with Crippen LogP contribution in [0.2, 0.25) is 0 Å². The van der Waals surface area contributed by atoms with Crippen LogP contribution in [0.25, 0.3) is 0 Å². The van der Waals surface area contributed by atoms with Crippen molar-refractivity contribution in [3.05, 3.63) is 35.9 Å². The summed E-state index contributed by atoms with van der Waals surface area (Å²) in [5.74, 6) is 0.315. The monoisotopic (exact) mass is 218 g/mol. The van der Waals surface area contributed by atoms with Gasteiger partial charge in [-0.3, -0.25) is 4.79 Å². The SMILES string of the molecule is CC(C)C=NNC(=O)CCc1ccccc1. The van der Waals surface area contributed by atoms with Gasteiger partial charge < -0.3 is 0 Å². The smallest absolute Gasteiger partial charge is 0.240 e. The normalized spacial score (nSPS) is 10.9. The van der Waals surface area contributed by atoms with Gasteiger partial charge in [0.05, 0.1) is 0 Å². The largest absolute Gasteiger partial charge is 0.273 e. The fourth-order valence-electron chi connectivity index (χ4n) is 1.22. The van der Waals surface area contributed by atoms with Gasteiger partial charge in [0.15, 0.2) is 0 Å². The molecule has 3 nitrogen and oxygen atoms in total. The number of hydrogen-bond acceptors (Lipinski definition) is 2. The molecule has 0 heterocycles. The highest BCUT2D eigenvalue weighted by Gasteiger charge is 2.00. The first kappa shape index (κ1) is 12.4. The first-order valence-electron chi connectivity index (χ1n) is 5.54. The molecule has 0 aliphatic heterocycles. The van der Waals surface area contributed by atoms with E-state index in [-0.39, 0.29) is 5.91 Å². The summed E-state index contributed by atoms with van der Waals surface area (Å²) >= 11 is 0. The Hall–Kier alpha value is -1.64. The number of rotatable bonds is 5. The fourth-order valence-corrected chi connectivity index (χ4v) is 1.22. The molecule has 0 radical (unpaired) electrons. The molecule has 0 aliphatic rings. The van der Waals surface area contributed by atoms with E-state index in [1.54, 1.807) is 6.21 Å². The van der Waals surface area contributed by atoms with Crippen LogP contribution in [0.5, 0.6) is 0 Å². The van der Waals surface area contributed by atoms with Gasteiger partial charge in [-0.1, -0.05) is 44.2 Å². The topological polar surface area (TPSA) is 41.5 Å². The second kappa shape index (κ2) is 6.77.